The standard InChI is InChI=1S/C25H33NO4/c1-17(18-7-8-20-16-21(30-5)10-9-19(20)15-18)22(27)26-14-6-11-25(26,23(28)29)13-12-24(2,3)4/h7-10,15-17H,6,11-14H2,1-5H3,(H,28,29)/t17-,25+/m0/s1. The molecule has 0 aliphatic carbocycles. The van der Waals surface area contributed by atoms with Gasteiger partial charge >= 0.3 is 5.97 Å². The zero-order valence-corrected chi connectivity index (χ0v) is 18.7. The molecule has 2 aromatic rings. The summed E-state index contributed by atoms with van der Waals surface area (Å²) in [5.41, 5.74) is -0.173. The van der Waals surface area contributed by atoms with Crippen molar-refractivity contribution >= 4 is 22.6 Å². The van der Waals surface area contributed by atoms with Gasteiger partial charge < -0.3 is 14.7 Å². The number of likely N-dealkylation sites (tertiary alicyclic amines) is 1. The van der Waals surface area contributed by atoms with Gasteiger partial charge in [-0.1, -0.05) is 45.0 Å². The van der Waals surface area contributed by atoms with Crippen molar-refractivity contribution in [2.24, 2.45) is 5.41 Å². The largest absolute Gasteiger partial charge is 0.497 e. The maximum absolute atomic E-state index is 13.5. The third kappa shape index (κ3) is 4.30. The Hall–Kier alpha value is -2.56. The first kappa shape index (κ1) is 22.1. The van der Waals surface area contributed by atoms with E-state index < -0.39 is 17.4 Å². The Morgan fingerprint density at radius 3 is 2.47 bits per heavy atom. The highest BCUT2D eigenvalue weighted by molar-refractivity contribution is 5.92. The van der Waals surface area contributed by atoms with Gasteiger partial charge in [0.2, 0.25) is 5.91 Å². The van der Waals surface area contributed by atoms with Crippen molar-refractivity contribution in [2.45, 2.75) is 64.8 Å². The van der Waals surface area contributed by atoms with Gasteiger partial charge in [0.05, 0.1) is 13.0 Å². The van der Waals surface area contributed by atoms with Crippen LogP contribution in [0.2, 0.25) is 0 Å². The summed E-state index contributed by atoms with van der Waals surface area (Å²) >= 11 is 0. The summed E-state index contributed by atoms with van der Waals surface area (Å²) in [6.07, 6.45) is 2.50. The summed E-state index contributed by atoms with van der Waals surface area (Å²) in [5.74, 6) is -0.587. The Balaban J connectivity index is 1.88. The molecule has 1 N–H and O–H groups in total. The first-order valence-electron chi connectivity index (χ1n) is 10.7. The van der Waals surface area contributed by atoms with E-state index in [9.17, 15) is 14.7 Å². The number of fused-ring (bicyclic) bond motifs is 1. The average molecular weight is 412 g/mol. The number of carbonyl (C=O) groups excluding carboxylic acids is 1. The van der Waals surface area contributed by atoms with Gasteiger partial charge in [0, 0.05) is 6.54 Å². The molecule has 1 fully saturated rings. The third-order valence-electron chi connectivity index (χ3n) is 6.38. The third-order valence-corrected chi connectivity index (χ3v) is 6.38. The molecule has 0 aromatic heterocycles. The number of carboxylic acid groups (broad SMARTS) is 1. The Kier molecular flexibility index (Phi) is 6.11. The number of carboxylic acids is 1. The lowest BCUT2D eigenvalue weighted by atomic mass is 9.81. The molecule has 5 heteroatoms. The number of carbonyl (C=O) groups is 2. The fourth-order valence-electron chi connectivity index (χ4n) is 4.39. The molecule has 1 saturated heterocycles. The minimum Gasteiger partial charge on any atom is -0.497 e. The smallest absolute Gasteiger partial charge is 0.329 e. The highest BCUT2D eigenvalue weighted by Gasteiger charge is 2.50. The summed E-state index contributed by atoms with van der Waals surface area (Å²) in [6, 6.07) is 11.8. The second-order valence-electron chi connectivity index (χ2n) is 9.69. The van der Waals surface area contributed by atoms with E-state index >= 15 is 0 Å². The van der Waals surface area contributed by atoms with Gasteiger partial charge in [0.15, 0.2) is 0 Å². The van der Waals surface area contributed by atoms with Crippen LogP contribution in [0, 0.1) is 5.41 Å². The number of amides is 1. The summed E-state index contributed by atoms with van der Waals surface area (Å²) in [4.78, 5) is 27.5. The van der Waals surface area contributed by atoms with Crippen molar-refractivity contribution in [1.82, 2.24) is 4.90 Å². The van der Waals surface area contributed by atoms with Gasteiger partial charge in [-0.25, -0.2) is 4.79 Å². The second kappa shape index (κ2) is 8.29. The second-order valence-corrected chi connectivity index (χ2v) is 9.69. The van der Waals surface area contributed by atoms with Gasteiger partial charge in [0.25, 0.3) is 0 Å². The lowest BCUT2D eigenvalue weighted by Crippen LogP contribution is -2.54. The van der Waals surface area contributed by atoms with E-state index in [2.05, 4.69) is 20.8 Å². The highest BCUT2D eigenvalue weighted by Crippen LogP contribution is 2.39. The van der Waals surface area contributed by atoms with Crippen LogP contribution >= 0.6 is 0 Å². The minimum atomic E-state index is -1.09. The van der Waals surface area contributed by atoms with Gasteiger partial charge in [-0.05, 0) is 66.5 Å². The maximum atomic E-state index is 13.5. The molecule has 0 bridgehead atoms. The number of benzene rings is 2. The fourth-order valence-corrected chi connectivity index (χ4v) is 4.39. The molecule has 1 amide bonds. The van der Waals surface area contributed by atoms with Crippen LogP contribution in [0.25, 0.3) is 10.8 Å². The summed E-state index contributed by atoms with van der Waals surface area (Å²) < 4.78 is 5.28. The predicted molar refractivity (Wildman–Crippen MR) is 119 cm³/mol. The molecule has 1 heterocycles. The van der Waals surface area contributed by atoms with E-state index in [0.29, 0.717) is 19.4 Å². The average Bonchev–Trinajstić information content (AvgIpc) is 3.15. The normalized spacial score (nSPS) is 20.4. The van der Waals surface area contributed by atoms with E-state index in [1.807, 2.05) is 43.3 Å². The van der Waals surface area contributed by atoms with Crippen molar-refractivity contribution in [2.75, 3.05) is 13.7 Å². The number of ether oxygens (including phenoxy) is 1. The van der Waals surface area contributed by atoms with E-state index in [-0.39, 0.29) is 11.3 Å². The Bertz CT molecular complexity index is 946. The van der Waals surface area contributed by atoms with Crippen LogP contribution in [0.3, 0.4) is 0 Å². The molecule has 1 aliphatic heterocycles. The van der Waals surface area contributed by atoms with E-state index in [1.165, 1.54) is 0 Å². The number of nitrogens with zero attached hydrogens (tertiary/aromatic N) is 1. The summed E-state index contributed by atoms with van der Waals surface area (Å²) in [5, 5.41) is 12.2. The van der Waals surface area contributed by atoms with Crippen LogP contribution in [0.5, 0.6) is 5.75 Å². The number of aliphatic carboxylic acids is 1. The molecule has 0 unspecified atom stereocenters. The van der Waals surface area contributed by atoms with Crippen molar-refractivity contribution in [3.05, 3.63) is 42.0 Å². The maximum Gasteiger partial charge on any atom is 0.329 e. The Morgan fingerprint density at radius 2 is 1.83 bits per heavy atom. The SMILES string of the molecule is COc1ccc2cc([C@H](C)C(=O)N3CCC[C@@]3(CCC(C)(C)C)C(=O)O)ccc2c1. The van der Waals surface area contributed by atoms with Crippen molar-refractivity contribution in [3.8, 4) is 5.75 Å². The zero-order valence-electron chi connectivity index (χ0n) is 18.7. The van der Waals surface area contributed by atoms with E-state index in [4.69, 9.17) is 4.74 Å². The summed E-state index contributed by atoms with van der Waals surface area (Å²) in [6.45, 7) is 8.70. The van der Waals surface area contributed by atoms with E-state index in [0.717, 1.165) is 34.9 Å². The number of methoxy groups -OCH3 is 1. The first-order valence-corrected chi connectivity index (χ1v) is 10.7. The zero-order chi connectivity index (χ0) is 22.1. The molecule has 2 aromatic carbocycles. The molecule has 0 radical (unpaired) electrons. The minimum absolute atomic E-state index is 0.0186. The lowest BCUT2D eigenvalue weighted by Gasteiger charge is -2.38. The van der Waals surface area contributed by atoms with Crippen molar-refractivity contribution in [3.63, 3.8) is 0 Å². The molecule has 0 spiro atoms. The molecule has 2 atom stereocenters. The quantitative estimate of drug-likeness (QED) is 0.707. The molecule has 162 valence electrons. The van der Waals surface area contributed by atoms with Gasteiger partial charge in [-0.2, -0.15) is 0 Å². The number of hydrogen-bond acceptors (Lipinski definition) is 3. The molecule has 0 saturated carbocycles. The summed E-state index contributed by atoms with van der Waals surface area (Å²) in [7, 11) is 1.64. The highest BCUT2D eigenvalue weighted by atomic mass is 16.5. The van der Waals surface area contributed by atoms with E-state index in [1.54, 1.807) is 12.0 Å². The topological polar surface area (TPSA) is 66.8 Å². The van der Waals surface area contributed by atoms with Gasteiger partial charge in [-0.15, -0.1) is 0 Å². The van der Waals surface area contributed by atoms with Gasteiger partial charge in [0.1, 0.15) is 11.3 Å². The van der Waals surface area contributed by atoms with Crippen molar-refractivity contribution < 1.29 is 19.4 Å². The molecular weight excluding hydrogens is 378 g/mol. The molecule has 30 heavy (non-hydrogen) atoms. The predicted octanol–water partition coefficient (Wildman–Crippen LogP) is 5.22. The fraction of sp³-hybridized carbons (Fsp3) is 0.520. The molecule has 5 nitrogen and oxygen atoms in total. The van der Waals surface area contributed by atoms with Crippen LogP contribution < -0.4 is 4.74 Å². The van der Waals surface area contributed by atoms with Crippen LogP contribution in [-0.2, 0) is 9.59 Å². The number of hydrogen-bond donors (Lipinski definition) is 1. The number of rotatable bonds is 6. The molecular formula is C25H33NO4. The lowest BCUT2D eigenvalue weighted by molar-refractivity contribution is -0.158. The Labute approximate surface area is 179 Å². The molecule has 1 aliphatic rings. The van der Waals surface area contributed by atoms with Crippen LogP contribution in [0.15, 0.2) is 36.4 Å². The van der Waals surface area contributed by atoms with Crippen molar-refractivity contribution in [1.29, 1.82) is 0 Å². The Morgan fingerprint density at radius 1 is 1.17 bits per heavy atom. The van der Waals surface area contributed by atoms with Crippen LogP contribution in [-0.4, -0.2) is 41.1 Å². The molecule has 3 rings (SSSR count). The van der Waals surface area contributed by atoms with Crippen LogP contribution in [0.4, 0.5) is 0 Å². The first-order chi connectivity index (χ1) is 14.1. The van der Waals surface area contributed by atoms with Crippen LogP contribution in [0.1, 0.15) is 64.9 Å². The van der Waals surface area contributed by atoms with Gasteiger partial charge in [-0.3, -0.25) is 4.79 Å². The monoisotopic (exact) mass is 411 g/mol.